The minimum atomic E-state index is -0.543. The van der Waals surface area contributed by atoms with Gasteiger partial charge in [0.25, 0.3) is 5.69 Å². The molecule has 1 aromatic carbocycles. The van der Waals surface area contributed by atoms with Crippen LogP contribution in [0.15, 0.2) is 53.8 Å². The predicted octanol–water partition coefficient (Wildman–Crippen LogP) is 0.273. The van der Waals surface area contributed by atoms with Crippen LogP contribution in [0.3, 0.4) is 0 Å². The number of aromatic nitrogens is 3. The van der Waals surface area contributed by atoms with E-state index in [-0.39, 0.29) is 5.69 Å². The van der Waals surface area contributed by atoms with E-state index in [1.165, 1.54) is 4.57 Å². The first-order valence-corrected chi connectivity index (χ1v) is 5.41. The zero-order valence-electron chi connectivity index (χ0n) is 9.33. The topological polar surface area (TPSA) is 72.7 Å². The highest BCUT2D eigenvalue weighted by Crippen LogP contribution is 2.11. The molecule has 3 rings (SSSR count). The van der Waals surface area contributed by atoms with Gasteiger partial charge < -0.3 is 10.1 Å². The number of pyridine rings is 1. The summed E-state index contributed by atoms with van der Waals surface area (Å²) in [4.78, 5) is 17.6. The molecule has 5 nitrogen and oxygen atoms in total. The number of fused-ring (bicyclic) bond motifs is 1. The Hall–Kier alpha value is -2.69. The fourth-order valence-electron chi connectivity index (χ4n) is 1.88. The first-order chi connectivity index (χ1) is 8.75. The molecule has 2 heterocycles. The molecule has 0 aliphatic heterocycles. The van der Waals surface area contributed by atoms with Crippen molar-refractivity contribution in [1.29, 1.82) is 0 Å². The minimum Gasteiger partial charge on any atom is -0.854 e. The van der Waals surface area contributed by atoms with Crippen LogP contribution >= 0.6 is 0 Å². The molecule has 0 aliphatic carbocycles. The van der Waals surface area contributed by atoms with E-state index in [2.05, 4.69) is 9.97 Å². The summed E-state index contributed by atoms with van der Waals surface area (Å²) in [5.74, 6) is -0.543. The Labute approximate surface area is 102 Å². The normalized spacial score (nSPS) is 10.7. The molecular formula is C13H9N3O2. The van der Waals surface area contributed by atoms with Gasteiger partial charge in [0, 0.05) is 11.5 Å². The number of hydrogen-bond donors (Lipinski definition) is 1. The zero-order valence-corrected chi connectivity index (χ0v) is 9.33. The SMILES string of the molecule is O=c1[nH]cnc([O-])c1-[n+]1ccc2ccccc2c1. The van der Waals surface area contributed by atoms with Crippen molar-refractivity contribution in [3.8, 4) is 11.6 Å². The molecule has 0 fully saturated rings. The molecule has 3 aromatic rings. The second-order valence-electron chi connectivity index (χ2n) is 3.87. The van der Waals surface area contributed by atoms with Crippen molar-refractivity contribution in [3.63, 3.8) is 0 Å². The quantitative estimate of drug-likeness (QED) is 0.620. The maximum atomic E-state index is 11.7. The lowest BCUT2D eigenvalue weighted by molar-refractivity contribution is -0.600. The van der Waals surface area contributed by atoms with Crippen LogP contribution in [-0.2, 0) is 0 Å². The van der Waals surface area contributed by atoms with E-state index in [0.717, 1.165) is 17.1 Å². The number of benzene rings is 1. The smallest absolute Gasteiger partial charge is 0.322 e. The van der Waals surface area contributed by atoms with Crippen molar-refractivity contribution in [2.45, 2.75) is 0 Å². The predicted molar refractivity (Wildman–Crippen MR) is 63.3 cm³/mol. The molecule has 5 heteroatoms. The molecule has 0 unspecified atom stereocenters. The summed E-state index contributed by atoms with van der Waals surface area (Å²) in [6.07, 6.45) is 4.52. The van der Waals surface area contributed by atoms with Crippen LogP contribution in [0.2, 0.25) is 0 Å². The molecule has 0 spiro atoms. The summed E-state index contributed by atoms with van der Waals surface area (Å²) >= 11 is 0. The number of nitrogens with one attached hydrogen (secondary N) is 1. The Morgan fingerprint density at radius 2 is 1.94 bits per heavy atom. The van der Waals surface area contributed by atoms with Crippen molar-refractivity contribution in [2.75, 3.05) is 0 Å². The molecule has 2 aromatic heterocycles. The van der Waals surface area contributed by atoms with Gasteiger partial charge in [0.1, 0.15) is 0 Å². The van der Waals surface area contributed by atoms with Gasteiger partial charge in [0.15, 0.2) is 12.4 Å². The van der Waals surface area contributed by atoms with Gasteiger partial charge in [0.2, 0.25) is 0 Å². The van der Waals surface area contributed by atoms with Crippen LogP contribution in [0, 0.1) is 0 Å². The summed E-state index contributed by atoms with van der Waals surface area (Å²) in [5, 5.41) is 13.6. The van der Waals surface area contributed by atoms with E-state index >= 15 is 0 Å². The maximum Gasteiger partial charge on any atom is 0.322 e. The molecule has 18 heavy (non-hydrogen) atoms. The molecule has 0 saturated carbocycles. The number of rotatable bonds is 1. The average molecular weight is 239 g/mol. The lowest BCUT2D eigenvalue weighted by Gasteiger charge is -2.05. The largest absolute Gasteiger partial charge is 0.854 e. The second-order valence-corrected chi connectivity index (χ2v) is 3.87. The fourth-order valence-corrected chi connectivity index (χ4v) is 1.88. The molecule has 0 aliphatic rings. The Morgan fingerprint density at radius 3 is 2.72 bits per heavy atom. The summed E-state index contributed by atoms with van der Waals surface area (Å²) in [6, 6.07) is 9.56. The lowest BCUT2D eigenvalue weighted by atomic mass is 10.2. The summed E-state index contributed by atoms with van der Waals surface area (Å²) in [5.41, 5.74) is -0.446. The van der Waals surface area contributed by atoms with Crippen molar-refractivity contribution < 1.29 is 9.67 Å². The Kier molecular flexibility index (Phi) is 2.30. The van der Waals surface area contributed by atoms with Crippen LogP contribution in [0.25, 0.3) is 16.5 Å². The molecular weight excluding hydrogens is 230 g/mol. The maximum absolute atomic E-state index is 11.7. The molecule has 88 valence electrons. The van der Waals surface area contributed by atoms with Crippen LogP contribution < -0.4 is 15.2 Å². The van der Waals surface area contributed by atoms with Gasteiger partial charge in [-0.3, -0.25) is 4.79 Å². The van der Waals surface area contributed by atoms with Crippen molar-refractivity contribution >= 4 is 10.8 Å². The fraction of sp³-hybridized carbons (Fsp3) is 0. The van der Waals surface area contributed by atoms with E-state index in [4.69, 9.17) is 0 Å². The van der Waals surface area contributed by atoms with Crippen molar-refractivity contribution in [2.24, 2.45) is 0 Å². The highest BCUT2D eigenvalue weighted by molar-refractivity contribution is 5.80. The van der Waals surface area contributed by atoms with E-state index < -0.39 is 11.4 Å². The second kappa shape index (κ2) is 3.96. The number of hydrogen-bond acceptors (Lipinski definition) is 3. The first kappa shape index (κ1) is 10.5. The zero-order chi connectivity index (χ0) is 12.5. The molecule has 0 amide bonds. The minimum absolute atomic E-state index is 0.00301. The van der Waals surface area contributed by atoms with Crippen LogP contribution in [0.4, 0.5) is 0 Å². The Balaban J connectivity index is 2.29. The standard InChI is InChI=1S/C13H9N3O2/c17-12-11(13(18)15-8-14-12)16-6-5-9-3-1-2-4-10(9)7-16/h1-8H,(H-,14,15,17,18). The van der Waals surface area contributed by atoms with E-state index in [0.29, 0.717) is 0 Å². The van der Waals surface area contributed by atoms with Crippen molar-refractivity contribution in [3.05, 3.63) is 59.4 Å². The number of aromatic amines is 1. The molecule has 0 radical (unpaired) electrons. The van der Waals surface area contributed by atoms with Crippen molar-refractivity contribution in [1.82, 2.24) is 9.97 Å². The average Bonchev–Trinajstić information content (AvgIpc) is 2.38. The Morgan fingerprint density at radius 1 is 1.17 bits per heavy atom. The molecule has 0 atom stereocenters. The summed E-state index contributed by atoms with van der Waals surface area (Å²) in [7, 11) is 0. The van der Waals surface area contributed by atoms with Gasteiger partial charge in [-0.05, 0) is 11.5 Å². The summed E-state index contributed by atoms with van der Waals surface area (Å²) < 4.78 is 1.50. The van der Waals surface area contributed by atoms with E-state index in [9.17, 15) is 9.90 Å². The third-order valence-corrected chi connectivity index (χ3v) is 2.74. The number of nitrogens with zero attached hydrogens (tertiary/aromatic N) is 2. The van der Waals surface area contributed by atoms with Crippen LogP contribution in [0.5, 0.6) is 5.88 Å². The molecule has 1 N–H and O–H groups in total. The monoisotopic (exact) mass is 239 g/mol. The van der Waals surface area contributed by atoms with Crippen LogP contribution in [0.1, 0.15) is 0 Å². The third kappa shape index (κ3) is 1.62. The molecule has 0 saturated heterocycles. The van der Waals surface area contributed by atoms with E-state index in [1.807, 2.05) is 30.3 Å². The highest BCUT2D eigenvalue weighted by Gasteiger charge is 2.13. The molecule has 0 bridgehead atoms. The Bertz CT molecular complexity index is 780. The number of H-pyrrole nitrogens is 1. The summed E-state index contributed by atoms with van der Waals surface area (Å²) in [6.45, 7) is 0. The van der Waals surface area contributed by atoms with E-state index in [1.54, 1.807) is 12.4 Å². The first-order valence-electron chi connectivity index (χ1n) is 5.41. The van der Waals surface area contributed by atoms with Gasteiger partial charge in [-0.15, -0.1) is 0 Å². The van der Waals surface area contributed by atoms with Gasteiger partial charge in [-0.25, -0.2) is 4.98 Å². The van der Waals surface area contributed by atoms with Crippen LogP contribution in [-0.4, -0.2) is 9.97 Å². The van der Waals surface area contributed by atoms with Gasteiger partial charge >= 0.3 is 5.56 Å². The lowest BCUT2D eigenvalue weighted by Crippen LogP contribution is -2.38. The third-order valence-electron chi connectivity index (χ3n) is 2.74. The van der Waals surface area contributed by atoms with Gasteiger partial charge in [-0.1, -0.05) is 18.2 Å². The van der Waals surface area contributed by atoms with Gasteiger partial charge in [-0.2, -0.15) is 4.57 Å². The highest BCUT2D eigenvalue weighted by atomic mass is 16.3. The van der Waals surface area contributed by atoms with Gasteiger partial charge in [0.05, 0.1) is 12.2 Å².